The fraction of sp³-hybridized carbons (Fsp3) is 0.294. The molecule has 0 radical (unpaired) electrons. The van der Waals surface area contributed by atoms with E-state index in [1.807, 2.05) is 50.2 Å². The van der Waals surface area contributed by atoms with Crippen molar-refractivity contribution in [2.75, 3.05) is 27.2 Å². The molecule has 0 aliphatic rings. The molecule has 2 heterocycles. The quantitative estimate of drug-likeness (QED) is 0.782. The number of hydrogen-bond donors (Lipinski definition) is 1. The van der Waals surface area contributed by atoms with Gasteiger partial charge in [-0.15, -0.1) is 0 Å². The van der Waals surface area contributed by atoms with E-state index in [0.29, 0.717) is 12.5 Å². The van der Waals surface area contributed by atoms with Gasteiger partial charge >= 0.3 is 5.69 Å². The van der Waals surface area contributed by atoms with Crippen molar-refractivity contribution in [3.05, 3.63) is 52.6 Å². The first-order chi connectivity index (χ1) is 11.1. The van der Waals surface area contributed by atoms with E-state index in [1.54, 1.807) is 16.8 Å². The van der Waals surface area contributed by atoms with Crippen LogP contribution in [-0.2, 0) is 0 Å². The van der Waals surface area contributed by atoms with Gasteiger partial charge in [-0.25, -0.2) is 9.78 Å². The summed E-state index contributed by atoms with van der Waals surface area (Å²) in [7, 11) is 3.98. The fourth-order valence-corrected chi connectivity index (χ4v) is 2.50. The van der Waals surface area contributed by atoms with Crippen LogP contribution in [-0.4, -0.2) is 46.7 Å². The van der Waals surface area contributed by atoms with Crippen LogP contribution in [0.15, 0.2) is 41.3 Å². The van der Waals surface area contributed by atoms with Gasteiger partial charge in [-0.05, 0) is 38.7 Å². The van der Waals surface area contributed by atoms with Gasteiger partial charge in [-0.1, -0.05) is 12.1 Å². The Bertz CT molecular complexity index is 862. The number of hydrogen-bond acceptors (Lipinski definition) is 4. The summed E-state index contributed by atoms with van der Waals surface area (Å²) in [5.74, 6) is 0.556. The molecule has 0 aliphatic carbocycles. The molecule has 120 valence electrons. The summed E-state index contributed by atoms with van der Waals surface area (Å²) >= 11 is 0. The number of imidazole rings is 1. The molecule has 0 saturated carbocycles. The van der Waals surface area contributed by atoms with Crippen LogP contribution in [0.3, 0.4) is 0 Å². The van der Waals surface area contributed by atoms with Crippen molar-refractivity contribution in [1.82, 2.24) is 19.4 Å². The summed E-state index contributed by atoms with van der Waals surface area (Å²) in [5, 5.41) is 0. The normalized spacial score (nSPS) is 11.3. The van der Waals surface area contributed by atoms with Gasteiger partial charge in [0, 0.05) is 12.6 Å². The molecule has 3 rings (SSSR count). The molecule has 2 aromatic heterocycles. The summed E-state index contributed by atoms with van der Waals surface area (Å²) in [6.07, 6.45) is 1.66. The molecule has 0 atom stereocenters. The summed E-state index contributed by atoms with van der Waals surface area (Å²) in [6, 6.07) is 9.44. The van der Waals surface area contributed by atoms with Crippen molar-refractivity contribution < 1.29 is 4.74 Å². The number of aromatic amines is 1. The standard InChI is InChI=1S/C17H20N4O2/c1-12-5-4-6-14-16(12)21(17(22)19-14)13-7-8-15(18-11-13)23-10-9-20(2)3/h4-8,11H,9-10H2,1-3H3,(H,19,22). The predicted molar refractivity (Wildman–Crippen MR) is 90.5 cm³/mol. The van der Waals surface area contributed by atoms with Crippen LogP contribution in [0.4, 0.5) is 0 Å². The Morgan fingerprint density at radius 2 is 2.09 bits per heavy atom. The maximum absolute atomic E-state index is 12.3. The van der Waals surface area contributed by atoms with E-state index in [1.165, 1.54) is 0 Å². The minimum Gasteiger partial charge on any atom is -0.476 e. The second-order valence-electron chi connectivity index (χ2n) is 5.74. The van der Waals surface area contributed by atoms with Crippen molar-refractivity contribution in [2.24, 2.45) is 0 Å². The number of aromatic nitrogens is 3. The largest absolute Gasteiger partial charge is 0.476 e. The minimum atomic E-state index is -0.169. The van der Waals surface area contributed by atoms with Gasteiger partial charge in [-0.3, -0.25) is 4.57 Å². The van der Waals surface area contributed by atoms with Crippen molar-refractivity contribution in [1.29, 1.82) is 0 Å². The van der Waals surface area contributed by atoms with E-state index >= 15 is 0 Å². The highest BCUT2D eigenvalue weighted by Crippen LogP contribution is 2.19. The van der Waals surface area contributed by atoms with E-state index in [0.717, 1.165) is 28.8 Å². The monoisotopic (exact) mass is 312 g/mol. The molecular weight excluding hydrogens is 292 g/mol. The molecule has 0 aliphatic heterocycles. The topological polar surface area (TPSA) is 63.1 Å². The smallest absolute Gasteiger partial charge is 0.331 e. The molecule has 0 spiro atoms. The second-order valence-corrected chi connectivity index (χ2v) is 5.74. The molecule has 6 nitrogen and oxygen atoms in total. The molecular formula is C17H20N4O2. The third-order valence-electron chi connectivity index (χ3n) is 3.67. The summed E-state index contributed by atoms with van der Waals surface area (Å²) in [6.45, 7) is 3.38. The van der Waals surface area contributed by atoms with Gasteiger partial charge in [0.1, 0.15) is 6.61 Å². The number of pyridine rings is 1. The van der Waals surface area contributed by atoms with Crippen molar-refractivity contribution in [2.45, 2.75) is 6.92 Å². The Kier molecular flexibility index (Phi) is 4.16. The first-order valence-electron chi connectivity index (χ1n) is 7.50. The zero-order valence-corrected chi connectivity index (χ0v) is 13.5. The van der Waals surface area contributed by atoms with Gasteiger partial charge in [0.15, 0.2) is 0 Å². The van der Waals surface area contributed by atoms with Gasteiger partial charge in [-0.2, -0.15) is 0 Å². The highest BCUT2D eigenvalue weighted by molar-refractivity contribution is 5.80. The molecule has 23 heavy (non-hydrogen) atoms. The maximum atomic E-state index is 12.3. The number of benzene rings is 1. The van der Waals surface area contributed by atoms with Crippen LogP contribution in [0.1, 0.15) is 5.56 Å². The molecule has 0 bridgehead atoms. The summed E-state index contributed by atoms with van der Waals surface area (Å²) < 4.78 is 7.22. The van der Waals surface area contributed by atoms with E-state index in [-0.39, 0.29) is 5.69 Å². The number of aryl methyl sites for hydroxylation is 1. The maximum Gasteiger partial charge on any atom is 0.331 e. The van der Waals surface area contributed by atoms with Crippen LogP contribution >= 0.6 is 0 Å². The Hall–Kier alpha value is -2.60. The number of para-hydroxylation sites is 1. The molecule has 0 fully saturated rings. The highest BCUT2D eigenvalue weighted by atomic mass is 16.5. The molecule has 0 unspecified atom stereocenters. The van der Waals surface area contributed by atoms with Gasteiger partial charge in [0.2, 0.25) is 5.88 Å². The lowest BCUT2D eigenvalue weighted by Crippen LogP contribution is -2.19. The van der Waals surface area contributed by atoms with Crippen LogP contribution < -0.4 is 10.4 Å². The molecule has 3 aromatic rings. The molecule has 0 saturated heterocycles. The zero-order valence-electron chi connectivity index (χ0n) is 13.5. The van der Waals surface area contributed by atoms with Crippen LogP contribution in [0, 0.1) is 6.92 Å². The number of fused-ring (bicyclic) bond motifs is 1. The van der Waals surface area contributed by atoms with E-state index in [9.17, 15) is 4.79 Å². The molecule has 6 heteroatoms. The third kappa shape index (κ3) is 3.12. The van der Waals surface area contributed by atoms with Crippen LogP contribution in [0.25, 0.3) is 16.7 Å². The Morgan fingerprint density at radius 1 is 1.26 bits per heavy atom. The van der Waals surface area contributed by atoms with Gasteiger partial charge < -0.3 is 14.6 Å². The van der Waals surface area contributed by atoms with Gasteiger partial charge in [0.25, 0.3) is 0 Å². The lowest BCUT2D eigenvalue weighted by atomic mass is 10.2. The Morgan fingerprint density at radius 3 is 2.78 bits per heavy atom. The van der Waals surface area contributed by atoms with Crippen molar-refractivity contribution >= 4 is 11.0 Å². The average molecular weight is 312 g/mol. The molecule has 0 amide bonds. The highest BCUT2D eigenvalue weighted by Gasteiger charge is 2.11. The first-order valence-corrected chi connectivity index (χ1v) is 7.50. The minimum absolute atomic E-state index is 0.169. The second kappa shape index (κ2) is 6.26. The number of ether oxygens (including phenoxy) is 1. The van der Waals surface area contributed by atoms with Gasteiger partial charge in [0.05, 0.1) is 22.9 Å². The summed E-state index contributed by atoms with van der Waals surface area (Å²) in [4.78, 5) is 21.5. The number of nitrogens with one attached hydrogen (secondary N) is 1. The zero-order chi connectivity index (χ0) is 16.4. The Labute approximate surface area is 134 Å². The third-order valence-corrected chi connectivity index (χ3v) is 3.67. The van der Waals surface area contributed by atoms with Crippen molar-refractivity contribution in [3.63, 3.8) is 0 Å². The predicted octanol–water partition coefficient (Wildman–Crippen LogP) is 1.96. The number of likely N-dealkylation sites (N-methyl/N-ethyl adjacent to an activating group) is 1. The fourth-order valence-electron chi connectivity index (χ4n) is 2.50. The SMILES string of the molecule is Cc1cccc2[nH]c(=O)n(-c3ccc(OCCN(C)C)nc3)c12. The Balaban J connectivity index is 1.91. The van der Waals surface area contributed by atoms with Crippen LogP contribution in [0.5, 0.6) is 5.88 Å². The van der Waals surface area contributed by atoms with Crippen LogP contribution in [0.2, 0.25) is 0 Å². The number of rotatable bonds is 5. The molecule has 1 aromatic carbocycles. The van der Waals surface area contributed by atoms with E-state index in [4.69, 9.17) is 4.74 Å². The van der Waals surface area contributed by atoms with Crippen molar-refractivity contribution in [3.8, 4) is 11.6 Å². The number of nitrogens with zero attached hydrogens (tertiary/aromatic N) is 3. The summed E-state index contributed by atoms with van der Waals surface area (Å²) in [5.41, 5.74) is 3.28. The average Bonchev–Trinajstić information content (AvgIpc) is 2.85. The first kappa shape index (κ1) is 15.3. The lowest BCUT2D eigenvalue weighted by molar-refractivity contribution is 0.254. The number of H-pyrrole nitrogens is 1. The van der Waals surface area contributed by atoms with E-state index in [2.05, 4.69) is 9.97 Å². The molecule has 1 N–H and O–H groups in total. The van der Waals surface area contributed by atoms with E-state index < -0.39 is 0 Å². The lowest BCUT2D eigenvalue weighted by Gasteiger charge is -2.11.